The van der Waals surface area contributed by atoms with Crippen LogP contribution in [0.4, 0.5) is 0 Å². The SMILES string of the molecule is C=CN(/C=N\C)C(C)C. The third-order valence-corrected chi connectivity index (χ3v) is 1.06. The first-order chi connectivity index (χ1) is 4.22. The molecule has 0 spiro atoms. The molecule has 0 fully saturated rings. The summed E-state index contributed by atoms with van der Waals surface area (Å²) in [6, 6.07) is 0.450. The maximum absolute atomic E-state index is 3.86. The zero-order valence-corrected chi connectivity index (χ0v) is 6.33. The minimum atomic E-state index is 0.450. The van der Waals surface area contributed by atoms with Crippen LogP contribution in [0, 0.1) is 0 Å². The van der Waals surface area contributed by atoms with E-state index in [0.29, 0.717) is 6.04 Å². The Morgan fingerprint density at radius 2 is 2.11 bits per heavy atom. The van der Waals surface area contributed by atoms with Gasteiger partial charge in [-0.15, -0.1) is 0 Å². The van der Waals surface area contributed by atoms with Gasteiger partial charge in [-0.2, -0.15) is 0 Å². The topological polar surface area (TPSA) is 15.6 Å². The minimum Gasteiger partial charge on any atom is -0.337 e. The molecule has 0 aromatic carbocycles. The van der Waals surface area contributed by atoms with E-state index in [9.17, 15) is 0 Å². The minimum absolute atomic E-state index is 0.450. The smallest absolute Gasteiger partial charge is 0.0888 e. The number of nitrogens with zero attached hydrogens (tertiary/aromatic N) is 2. The van der Waals surface area contributed by atoms with Crippen LogP contribution in [0.2, 0.25) is 0 Å². The average molecular weight is 126 g/mol. The lowest BCUT2D eigenvalue weighted by molar-refractivity contribution is 0.472. The van der Waals surface area contributed by atoms with Crippen molar-refractivity contribution < 1.29 is 0 Å². The molecule has 0 heterocycles. The van der Waals surface area contributed by atoms with Crippen LogP contribution in [-0.4, -0.2) is 24.3 Å². The van der Waals surface area contributed by atoms with E-state index in [1.807, 2.05) is 4.90 Å². The molecule has 52 valence electrons. The summed E-state index contributed by atoms with van der Waals surface area (Å²) in [6.45, 7) is 7.81. The van der Waals surface area contributed by atoms with E-state index < -0.39 is 0 Å². The fourth-order valence-corrected chi connectivity index (χ4v) is 0.525. The van der Waals surface area contributed by atoms with Crippen molar-refractivity contribution in [2.45, 2.75) is 19.9 Å². The zero-order chi connectivity index (χ0) is 7.28. The van der Waals surface area contributed by atoms with E-state index in [1.165, 1.54) is 0 Å². The Morgan fingerprint density at radius 1 is 1.56 bits per heavy atom. The van der Waals surface area contributed by atoms with Gasteiger partial charge in [0.15, 0.2) is 0 Å². The molecule has 0 amide bonds. The van der Waals surface area contributed by atoms with Crippen LogP contribution in [-0.2, 0) is 0 Å². The molecule has 2 heteroatoms. The Morgan fingerprint density at radius 3 is 2.22 bits per heavy atom. The highest BCUT2D eigenvalue weighted by atomic mass is 15.1. The molecule has 0 aromatic heterocycles. The summed E-state index contributed by atoms with van der Waals surface area (Å²) in [7, 11) is 1.75. The lowest BCUT2D eigenvalue weighted by Crippen LogP contribution is -2.22. The molecular formula is C7H14N2. The summed E-state index contributed by atoms with van der Waals surface area (Å²) in [5, 5.41) is 0. The second kappa shape index (κ2) is 4.13. The first-order valence-electron chi connectivity index (χ1n) is 3.04. The zero-order valence-electron chi connectivity index (χ0n) is 6.33. The van der Waals surface area contributed by atoms with Crippen molar-refractivity contribution in [2.24, 2.45) is 4.99 Å². The van der Waals surface area contributed by atoms with Crippen LogP contribution in [0.15, 0.2) is 17.8 Å². The standard InChI is InChI=1S/C7H14N2/c1-5-9(6-8-4)7(2)3/h5-7H,1H2,2-4H3/b8-6-. The first kappa shape index (κ1) is 8.21. The molecule has 0 radical (unpaired) electrons. The number of hydrogen-bond acceptors (Lipinski definition) is 1. The van der Waals surface area contributed by atoms with Crippen LogP contribution in [0.25, 0.3) is 0 Å². The molecule has 0 aliphatic heterocycles. The summed E-state index contributed by atoms with van der Waals surface area (Å²) < 4.78 is 0. The van der Waals surface area contributed by atoms with E-state index >= 15 is 0 Å². The summed E-state index contributed by atoms with van der Waals surface area (Å²) in [5.74, 6) is 0. The summed E-state index contributed by atoms with van der Waals surface area (Å²) in [4.78, 5) is 5.80. The molecule has 0 rings (SSSR count). The van der Waals surface area contributed by atoms with E-state index in [4.69, 9.17) is 0 Å². The van der Waals surface area contributed by atoms with Crippen LogP contribution in [0.1, 0.15) is 13.8 Å². The molecule has 2 nitrogen and oxygen atoms in total. The van der Waals surface area contributed by atoms with Crippen molar-refractivity contribution >= 4 is 6.34 Å². The lowest BCUT2D eigenvalue weighted by Gasteiger charge is -2.17. The highest BCUT2D eigenvalue weighted by molar-refractivity contribution is 5.56. The van der Waals surface area contributed by atoms with Crippen molar-refractivity contribution in [3.8, 4) is 0 Å². The Bertz CT molecular complexity index is 105. The molecular weight excluding hydrogens is 112 g/mol. The molecule has 0 N–H and O–H groups in total. The fourth-order valence-electron chi connectivity index (χ4n) is 0.525. The molecule has 0 aliphatic rings. The lowest BCUT2D eigenvalue weighted by atomic mass is 10.4. The number of aliphatic imine (C=N–C) groups is 1. The van der Waals surface area contributed by atoms with Crippen molar-refractivity contribution in [3.05, 3.63) is 12.8 Å². The fraction of sp³-hybridized carbons (Fsp3) is 0.571. The van der Waals surface area contributed by atoms with Gasteiger partial charge in [-0.05, 0) is 20.0 Å². The second-order valence-corrected chi connectivity index (χ2v) is 2.10. The average Bonchev–Trinajstić information content (AvgIpc) is 1.82. The normalized spacial score (nSPS) is 10.7. The van der Waals surface area contributed by atoms with Crippen molar-refractivity contribution in [3.63, 3.8) is 0 Å². The molecule has 9 heavy (non-hydrogen) atoms. The van der Waals surface area contributed by atoms with Gasteiger partial charge in [0, 0.05) is 13.1 Å². The van der Waals surface area contributed by atoms with E-state index in [0.717, 1.165) is 0 Å². The van der Waals surface area contributed by atoms with Crippen LogP contribution >= 0.6 is 0 Å². The van der Waals surface area contributed by atoms with Gasteiger partial charge in [-0.3, -0.25) is 4.99 Å². The van der Waals surface area contributed by atoms with Gasteiger partial charge >= 0.3 is 0 Å². The maximum Gasteiger partial charge on any atom is 0.0888 e. The van der Waals surface area contributed by atoms with Crippen molar-refractivity contribution in [1.82, 2.24) is 4.90 Å². The van der Waals surface area contributed by atoms with E-state index in [2.05, 4.69) is 25.4 Å². The third-order valence-electron chi connectivity index (χ3n) is 1.06. The van der Waals surface area contributed by atoms with Gasteiger partial charge in [0.2, 0.25) is 0 Å². The van der Waals surface area contributed by atoms with Crippen molar-refractivity contribution in [1.29, 1.82) is 0 Å². The Balaban J connectivity index is 3.82. The predicted octanol–water partition coefficient (Wildman–Crippen LogP) is 1.50. The van der Waals surface area contributed by atoms with Crippen LogP contribution in [0.5, 0.6) is 0 Å². The Kier molecular flexibility index (Phi) is 3.76. The van der Waals surface area contributed by atoms with E-state index in [-0.39, 0.29) is 0 Å². The quantitative estimate of drug-likeness (QED) is 0.413. The van der Waals surface area contributed by atoms with Gasteiger partial charge in [0.25, 0.3) is 0 Å². The second-order valence-electron chi connectivity index (χ2n) is 2.10. The monoisotopic (exact) mass is 126 g/mol. The molecule has 0 saturated carbocycles. The molecule has 0 bridgehead atoms. The van der Waals surface area contributed by atoms with Gasteiger partial charge in [0.05, 0.1) is 6.34 Å². The largest absolute Gasteiger partial charge is 0.337 e. The van der Waals surface area contributed by atoms with Crippen LogP contribution in [0.3, 0.4) is 0 Å². The van der Waals surface area contributed by atoms with Crippen molar-refractivity contribution in [2.75, 3.05) is 7.05 Å². The Hall–Kier alpha value is -0.790. The highest BCUT2D eigenvalue weighted by Crippen LogP contribution is 1.92. The number of hydrogen-bond donors (Lipinski definition) is 0. The molecule has 0 saturated heterocycles. The molecule has 0 unspecified atom stereocenters. The van der Waals surface area contributed by atoms with Crippen LogP contribution < -0.4 is 0 Å². The van der Waals surface area contributed by atoms with Gasteiger partial charge < -0.3 is 4.90 Å². The summed E-state index contributed by atoms with van der Waals surface area (Å²) in [6.07, 6.45) is 3.52. The van der Waals surface area contributed by atoms with Gasteiger partial charge in [0.1, 0.15) is 0 Å². The Labute approximate surface area is 56.9 Å². The molecule has 0 atom stereocenters. The van der Waals surface area contributed by atoms with E-state index in [1.54, 1.807) is 19.6 Å². The molecule has 0 aromatic rings. The maximum atomic E-state index is 3.86. The predicted molar refractivity (Wildman–Crippen MR) is 41.6 cm³/mol. The first-order valence-corrected chi connectivity index (χ1v) is 3.04. The van der Waals surface area contributed by atoms with Gasteiger partial charge in [-0.25, -0.2) is 0 Å². The molecule has 0 aliphatic carbocycles. The summed E-state index contributed by atoms with van der Waals surface area (Å²) >= 11 is 0. The highest BCUT2D eigenvalue weighted by Gasteiger charge is 1.96. The number of rotatable bonds is 3. The van der Waals surface area contributed by atoms with Gasteiger partial charge in [-0.1, -0.05) is 6.58 Å². The summed E-state index contributed by atoms with van der Waals surface area (Å²) in [5.41, 5.74) is 0. The third kappa shape index (κ3) is 2.90.